The fourth-order valence-electron chi connectivity index (χ4n) is 2.04. The van der Waals surface area contributed by atoms with Gasteiger partial charge in [0.1, 0.15) is 22.3 Å². The summed E-state index contributed by atoms with van der Waals surface area (Å²) in [5.41, 5.74) is 2.82. The quantitative estimate of drug-likeness (QED) is 0.679. The molecule has 0 spiro atoms. The number of nitrogens with zero attached hydrogens (tertiary/aromatic N) is 1. The van der Waals surface area contributed by atoms with Crippen LogP contribution in [0.3, 0.4) is 0 Å². The average molecular weight is 335 g/mol. The number of aromatic nitrogens is 2. The van der Waals surface area contributed by atoms with Crippen LogP contribution in [-0.4, -0.2) is 9.97 Å². The summed E-state index contributed by atoms with van der Waals surface area (Å²) < 4.78 is 6.97. The number of furan rings is 1. The van der Waals surface area contributed by atoms with Gasteiger partial charge in [-0.2, -0.15) is 0 Å². The summed E-state index contributed by atoms with van der Waals surface area (Å²) in [6, 6.07) is 7.88. The monoisotopic (exact) mass is 334 g/mol. The van der Waals surface area contributed by atoms with Crippen molar-refractivity contribution in [2.75, 3.05) is 0 Å². The number of para-hydroxylation sites is 1. The number of aromatic amines is 1. The molecule has 3 nitrogen and oxygen atoms in total. The van der Waals surface area contributed by atoms with E-state index in [0.29, 0.717) is 4.64 Å². The van der Waals surface area contributed by atoms with Gasteiger partial charge in [-0.05, 0) is 28.4 Å². The molecule has 5 heteroatoms. The van der Waals surface area contributed by atoms with Gasteiger partial charge in [0.05, 0.1) is 10.0 Å². The lowest BCUT2D eigenvalue weighted by molar-refractivity contribution is 0.616. The molecule has 0 aliphatic rings. The van der Waals surface area contributed by atoms with E-state index in [0.717, 1.165) is 38.9 Å². The molecule has 96 valence electrons. The van der Waals surface area contributed by atoms with Gasteiger partial charge in [0.2, 0.25) is 0 Å². The Morgan fingerprint density at radius 3 is 2.95 bits per heavy atom. The first-order valence-corrected chi connectivity index (χ1v) is 7.16. The maximum atomic E-state index is 5.54. The minimum Gasteiger partial charge on any atom is -0.464 e. The molecule has 0 atom stereocenters. The highest BCUT2D eigenvalue weighted by atomic mass is 79.9. The van der Waals surface area contributed by atoms with Crippen molar-refractivity contribution in [2.45, 2.75) is 13.3 Å². The number of rotatable bonds is 2. The van der Waals surface area contributed by atoms with Gasteiger partial charge in [0.15, 0.2) is 0 Å². The second-order valence-electron chi connectivity index (χ2n) is 4.18. The third-order valence-electron chi connectivity index (χ3n) is 3.03. The van der Waals surface area contributed by atoms with Crippen LogP contribution in [0, 0.1) is 4.64 Å². The van der Waals surface area contributed by atoms with Gasteiger partial charge in [-0.15, -0.1) is 0 Å². The van der Waals surface area contributed by atoms with Crippen LogP contribution in [0.25, 0.3) is 22.4 Å². The molecule has 0 unspecified atom stereocenters. The molecule has 3 aromatic rings. The number of benzene rings is 1. The maximum Gasteiger partial charge on any atom is 0.144 e. The predicted molar refractivity (Wildman–Crippen MR) is 81.7 cm³/mol. The Kier molecular flexibility index (Phi) is 3.24. The van der Waals surface area contributed by atoms with Gasteiger partial charge in [-0.1, -0.05) is 37.3 Å². The van der Waals surface area contributed by atoms with Gasteiger partial charge in [0, 0.05) is 11.1 Å². The van der Waals surface area contributed by atoms with E-state index in [2.05, 4.69) is 32.8 Å². The molecule has 0 amide bonds. The summed E-state index contributed by atoms with van der Waals surface area (Å²) in [6.07, 6.45) is 2.57. The van der Waals surface area contributed by atoms with Crippen molar-refractivity contribution < 1.29 is 4.42 Å². The van der Waals surface area contributed by atoms with Gasteiger partial charge < -0.3 is 9.40 Å². The SMILES string of the molecule is CCc1[nH]c(-c2coc3ccccc23)nc(=S)c1Br. The number of halogens is 1. The van der Waals surface area contributed by atoms with Crippen LogP contribution in [0.4, 0.5) is 0 Å². The van der Waals surface area contributed by atoms with Crippen molar-refractivity contribution >= 4 is 39.1 Å². The van der Waals surface area contributed by atoms with E-state index in [9.17, 15) is 0 Å². The summed E-state index contributed by atoms with van der Waals surface area (Å²) in [5.74, 6) is 0.745. The average Bonchev–Trinajstić information content (AvgIpc) is 2.85. The predicted octanol–water partition coefficient (Wildman–Crippen LogP) is 4.88. The molecule has 1 aromatic carbocycles. The second kappa shape index (κ2) is 4.90. The maximum absolute atomic E-state index is 5.54. The fraction of sp³-hybridized carbons (Fsp3) is 0.143. The van der Waals surface area contributed by atoms with Crippen molar-refractivity contribution in [3.8, 4) is 11.4 Å². The zero-order valence-corrected chi connectivity index (χ0v) is 12.6. The lowest BCUT2D eigenvalue weighted by atomic mass is 10.1. The van der Waals surface area contributed by atoms with E-state index < -0.39 is 0 Å². The van der Waals surface area contributed by atoms with E-state index in [1.54, 1.807) is 6.26 Å². The van der Waals surface area contributed by atoms with Crippen LogP contribution < -0.4 is 0 Å². The number of hydrogen-bond acceptors (Lipinski definition) is 3. The van der Waals surface area contributed by atoms with Gasteiger partial charge >= 0.3 is 0 Å². The molecule has 0 saturated heterocycles. The summed E-state index contributed by atoms with van der Waals surface area (Å²) in [5, 5.41) is 1.03. The molecule has 0 saturated carbocycles. The smallest absolute Gasteiger partial charge is 0.144 e. The summed E-state index contributed by atoms with van der Waals surface area (Å²) in [6.45, 7) is 2.07. The van der Waals surface area contributed by atoms with E-state index in [1.165, 1.54) is 0 Å². The van der Waals surface area contributed by atoms with E-state index >= 15 is 0 Å². The third-order valence-corrected chi connectivity index (χ3v) is 4.44. The standard InChI is InChI=1S/C14H11BrN2OS/c1-2-10-12(15)14(19)17-13(16-10)9-7-18-11-6-4-3-5-8(9)11/h3-7H,2H2,1H3,(H,16,17,19). The molecule has 2 aromatic heterocycles. The lowest BCUT2D eigenvalue weighted by Gasteiger charge is -2.05. The van der Waals surface area contributed by atoms with Gasteiger partial charge in [-0.3, -0.25) is 0 Å². The number of H-pyrrole nitrogens is 1. The van der Waals surface area contributed by atoms with Crippen LogP contribution in [0.15, 0.2) is 39.4 Å². The molecule has 1 N–H and O–H groups in total. The van der Waals surface area contributed by atoms with E-state index in [1.807, 2.05) is 24.3 Å². The molecule has 0 bridgehead atoms. The Morgan fingerprint density at radius 2 is 2.16 bits per heavy atom. The molecular formula is C14H11BrN2OS. The molecule has 0 fully saturated rings. The minimum absolute atomic E-state index is 0.566. The highest BCUT2D eigenvalue weighted by Gasteiger charge is 2.12. The van der Waals surface area contributed by atoms with E-state index in [-0.39, 0.29) is 0 Å². The molecule has 19 heavy (non-hydrogen) atoms. The first-order valence-electron chi connectivity index (χ1n) is 5.96. The van der Waals surface area contributed by atoms with Crippen LogP contribution in [0.5, 0.6) is 0 Å². The Morgan fingerprint density at radius 1 is 1.37 bits per heavy atom. The summed E-state index contributed by atoms with van der Waals surface area (Å²) in [7, 11) is 0. The van der Waals surface area contributed by atoms with E-state index in [4.69, 9.17) is 16.6 Å². The minimum atomic E-state index is 0.566. The van der Waals surface area contributed by atoms with Gasteiger partial charge in [-0.25, -0.2) is 4.98 Å². The molecule has 0 radical (unpaired) electrons. The molecule has 0 aliphatic carbocycles. The van der Waals surface area contributed by atoms with Crippen LogP contribution in [-0.2, 0) is 6.42 Å². The molecule has 2 heterocycles. The normalized spacial score (nSPS) is 11.1. The highest BCUT2D eigenvalue weighted by molar-refractivity contribution is 9.10. The molecular weight excluding hydrogens is 324 g/mol. The van der Waals surface area contributed by atoms with Crippen molar-refractivity contribution in [3.05, 3.63) is 45.3 Å². The number of fused-ring (bicyclic) bond motifs is 1. The Hall–Kier alpha value is -1.46. The first kappa shape index (κ1) is 12.6. The summed E-state index contributed by atoms with van der Waals surface area (Å²) in [4.78, 5) is 7.74. The molecule has 0 aliphatic heterocycles. The Labute approximate surface area is 123 Å². The van der Waals surface area contributed by atoms with Crippen molar-refractivity contribution in [1.29, 1.82) is 0 Å². The number of nitrogens with one attached hydrogen (secondary N) is 1. The summed E-state index contributed by atoms with van der Waals surface area (Å²) >= 11 is 8.75. The van der Waals surface area contributed by atoms with Crippen molar-refractivity contribution in [3.63, 3.8) is 0 Å². The lowest BCUT2D eigenvalue weighted by Crippen LogP contribution is -1.96. The van der Waals surface area contributed by atoms with Crippen LogP contribution >= 0.6 is 28.1 Å². The van der Waals surface area contributed by atoms with Gasteiger partial charge in [0.25, 0.3) is 0 Å². The second-order valence-corrected chi connectivity index (χ2v) is 5.36. The topological polar surface area (TPSA) is 41.8 Å². The van der Waals surface area contributed by atoms with Crippen molar-refractivity contribution in [1.82, 2.24) is 9.97 Å². The highest BCUT2D eigenvalue weighted by Crippen LogP contribution is 2.29. The van der Waals surface area contributed by atoms with Crippen LogP contribution in [0.1, 0.15) is 12.6 Å². The fourth-order valence-corrected chi connectivity index (χ4v) is 2.72. The number of hydrogen-bond donors (Lipinski definition) is 1. The Bertz CT molecular complexity index is 807. The van der Waals surface area contributed by atoms with Crippen LogP contribution in [0.2, 0.25) is 0 Å². The zero-order valence-electron chi connectivity index (χ0n) is 10.2. The zero-order chi connectivity index (χ0) is 13.4. The van der Waals surface area contributed by atoms with Crippen molar-refractivity contribution in [2.24, 2.45) is 0 Å². The Balaban J connectivity index is 2.27. The first-order chi connectivity index (χ1) is 9.20. The third kappa shape index (κ3) is 2.13. The number of aryl methyl sites for hydroxylation is 1. The molecule has 3 rings (SSSR count). The largest absolute Gasteiger partial charge is 0.464 e.